The number of hydrogen-bond donors (Lipinski definition) is 3. The highest BCUT2D eigenvalue weighted by Gasteiger charge is 2.25. The van der Waals surface area contributed by atoms with E-state index in [4.69, 9.17) is 10.7 Å². The summed E-state index contributed by atoms with van der Waals surface area (Å²) in [6.45, 7) is 5.18. The van der Waals surface area contributed by atoms with Crippen molar-refractivity contribution in [2.24, 2.45) is 7.05 Å². The lowest BCUT2D eigenvalue weighted by molar-refractivity contribution is 0.0691. The fourth-order valence-corrected chi connectivity index (χ4v) is 4.69. The number of hydrogen-bond acceptors (Lipinski definition) is 7. The monoisotopic (exact) mass is 470 g/mol. The largest absolute Gasteiger partial charge is 0.476 e. The Bertz CT molecular complexity index is 1520. The van der Waals surface area contributed by atoms with Gasteiger partial charge in [0.25, 0.3) is 5.56 Å². The molecular weight excluding hydrogens is 444 g/mol. The highest BCUT2D eigenvalue weighted by molar-refractivity contribution is 5.92. The minimum atomic E-state index is -1.18. The van der Waals surface area contributed by atoms with E-state index in [-0.39, 0.29) is 23.1 Å². The molecule has 3 heterocycles. The third-order valence-corrected chi connectivity index (χ3v) is 6.41. The van der Waals surface area contributed by atoms with E-state index in [2.05, 4.69) is 27.3 Å². The molecule has 9 heteroatoms. The second-order valence-electron chi connectivity index (χ2n) is 8.95. The standard InChI is InChI=1S/C26H26N6O3/c1-14-10-18(15(2)28-20-8-9-21(27)29-23(20)25(34)35)22-19(11-14)24(33)31(3)26(30-22)32-12-16-6-4-5-7-17(16)13-32/h4-11,15,28H,12-13H2,1-3H3,(H2,27,29)(H,34,35)/t15-/m1/s1. The molecule has 2 aromatic carbocycles. The van der Waals surface area contributed by atoms with E-state index in [0.717, 1.165) is 11.1 Å². The van der Waals surface area contributed by atoms with E-state index in [1.807, 2.05) is 38.1 Å². The van der Waals surface area contributed by atoms with Crippen LogP contribution in [0.4, 0.5) is 17.5 Å². The average molecular weight is 471 g/mol. The third kappa shape index (κ3) is 3.95. The molecule has 5 rings (SSSR count). The number of carboxylic acids is 1. The Morgan fingerprint density at radius 2 is 1.80 bits per heavy atom. The van der Waals surface area contributed by atoms with E-state index in [0.29, 0.717) is 35.6 Å². The number of carbonyl (C=O) groups is 1. The number of anilines is 3. The van der Waals surface area contributed by atoms with Gasteiger partial charge in [-0.15, -0.1) is 0 Å². The molecule has 1 aliphatic rings. The van der Waals surface area contributed by atoms with Gasteiger partial charge >= 0.3 is 5.97 Å². The Morgan fingerprint density at radius 3 is 2.46 bits per heavy atom. The van der Waals surface area contributed by atoms with Crippen molar-refractivity contribution in [2.75, 3.05) is 16.0 Å². The van der Waals surface area contributed by atoms with Crippen LogP contribution in [0.5, 0.6) is 0 Å². The topological polar surface area (TPSA) is 126 Å². The van der Waals surface area contributed by atoms with Crippen LogP contribution in [0.1, 0.15) is 45.7 Å². The zero-order valence-electron chi connectivity index (χ0n) is 19.7. The molecule has 4 N–H and O–H groups in total. The van der Waals surface area contributed by atoms with Gasteiger partial charge in [-0.2, -0.15) is 0 Å². The Balaban J connectivity index is 1.60. The predicted octanol–water partition coefficient (Wildman–Crippen LogP) is 3.61. The molecule has 1 aliphatic heterocycles. The number of aromatic carboxylic acids is 1. The van der Waals surface area contributed by atoms with Crippen LogP contribution in [0.2, 0.25) is 0 Å². The Morgan fingerprint density at radius 1 is 1.11 bits per heavy atom. The molecule has 0 aliphatic carbocycles. The quantitative estimate of drug-likeness (QED) is 0.404. The van der Waals surface area contributed by atoms with Crippen LogP contribution in [0.3, 0.4) is 0 Å². The van der Waals surface area contributed by atoms with Gasteiger partial charge in [0.05, 0.1) is 22.6 Å². The first-order valence-corrected chi connectivity index (χ1v) is 11.3. The molecule has 0 amide bonds. The molecule has 0 fully saturated rings. The first-order chi connectivity index (χ1) is 16.7. The van der Waals surface area contributed by atoms with Crippen LogP contribution in [-0.4, -0.2) is 25.6 Å². The normalized spacial score (nSPS) is 13.6. The number of nitrogen functional groups attached to an aromatic ring is 1. The summed E-state index contributed by atoms with van der Waals surface area (Å²) in [6.07, 6.45) is 0. The first kappa shape index (κ1) is 22.4. The molecule has 2 aromatic heterocycles. The van der Waals surface area contributed by atoms with Gasteiger partial charge in [-0.05, 0) is 48.7 Å². The molecule has 0 bridgehead atoms. The number of nitrogens with one attached hydrogen (secondary N) is 1. The van der Waals surface area contributed by atoms with Crippen molar-refractivity contribution in [1.82, 2.24) is 14.5 Å². The number of aryl methyl sites for hydroxylation is 1. The van der Waals surface area contributed by atoms with Crippen molar-refractivity contribution >= 4 is 34.3 Å². The van der Waals surface area contributed by atoms with Gasteiger partial charge in [-0.3, -0.25) is 9.36 Å². The van der Waals surface area contributed by atoms with Crippen molar-refractivity contribution in [3.8, 4) is 0 Å². The summed E-state index contributed by atoms with van der Waals surface area (Å²) in [5.41, 5.74) is 10.5. The van der Waals surface area contributed by atoms with E-state index in [1.165, 1.54) is 11.1 Å². The Kier molecular flexibility index (Phi) is 5.39. The van der Waals surface area contributed by atoms with Gasteiger partial charge in [0.15, 0.2) is 5.69 Å². The summed E-state index contributed by atoms with van der Waals surface area (Å²) in [5.74, 6) is -0.455. The van der Waals surface area contributed by atoms with Crippen molar-refractivity contribution in [3.05, 3.63) is 86.8 Å². The molecule has 1 atom stereocenters. The molecule has 178 valence electrons. The van der Waals surface area contributed by atoms with Crippen LogP contribution < -0.4 is 21.5 Å². The Hall–Kier alpha value is -4.40. The van der Waals surface area contributed by atoms with E-state index >= 15 is 0 Å². The zero-order chi connectivity index (χ0) is 24.9. The summed E-state index contributed by atoms with van der Waals surface area (Å²) in [7, 11) is 1.75. The summed E-state index contributed by atoms with van der Waals surface area (Å²) in [6, 6.07) is 14.8. The molecule has 35 heavy (non-hydrogen) atoms. The van der Waals surface area contributed by atoms with Crippen molar-refractivity contribution < 1.29 is 9.90 Å². The lowest BCUT2D eigenvalue weighted by atomic mass is 10.0. The molecule has 9 nitrogen and oxygen atoms in total. The van der Waals surface area contributed by atoms with Gasteiger partial charge in [0.1, 0.15) is 5.82 Å². The van der Waals surface area contributed by atoms with E-state index in [9.17, 15) is 14.7 Å². The fourth-order valence-electron chi connectivity index (χ4n) is 4.69. The maximum Gasteiger partial charge on any atom is 0.356 e. The maximum atomic E-state index is 13.4. The second-order valence-corrected chi connectivity index (χ2v) is 8.95. The number of pyridine rings is 1. The third-order valence-electron chi connectivity index (χ3n) is 6.41. The summed E-state index contributed by atoms with van der Waals surface area (Å²) >= 11 is 0. The van der Waals surface area contributed by atoms with Crippen molar-refractivity contribution in [3.63, 3.8) is 0 Å². The summed E-state index contributed by atoms with van der Waals surface area (Å²) < 4.78 is 1.60. The number of fused-ring (bicyclic) bond motifs is 2. The average Bonchev–Trinajstić information content (AvgIpc) is 3.26. The number of carboxylic acid groups (broad SMARTS) is 1. The Labute approximate surface area is 201 Å². The van der Waals surface area contributed by atoms with Crippen LogP contribution in [0.25, 0.3) is 10.9 Å². The molecule has 0 saturated carbocycles. The fraction of sp³-hybridized carbons (Fsp3) is 0.231. The van der Waals surface area contributed by atoms with Crippen LogP contribution in [0.15, 0.2) is 53.3 Å². The molecular formula is C26H26N6O3. The van der Waals surface area contributed by atoms with Gasteiger partial charge in [-0.1, -0.05) is 30.3 Å². The van der Waals surface area contributed by atoms with Crippen molar-refractivity contribution in [1.29, 1.82) is 0 Å². The zero-order valence-corrected chi connectivity index (χ0v) is 19.7. The van der Waals surface area contributed by atoms with Crippen LogP contribution >= 0.6 is 0 Å². The van der Waals surface area contributed by atoms with Gasteiger partial charge in [0.2, 0.25) is 5.95 Å². The minimum absolute atomic E-state index is 0.126. The van der Waals surface area contributed by atoms with Gasteiger partial charge in [0, 0.05) is 25.7 Å². The number of rotatable bonds is 5. The lowest BCUT2D eigenvalue weighted by Gasteiger charge is -2.23. The lowest BCUT2D eigenvalue weighted by Crippen LogP contribution is -2.28. The number of nitrogens with two attached hydrogens (primary N) is 1. The van der Waals surface area contributed by atoms with E-state index in [1.54, 1.807) is 23.7 Å². The first-order valence-electron chi connectivity index (χ1n) is 11.3. The second kappa shape index (κ2) is 8.43. The molecule has 0 saturated heterocycles. The molecule has 0 spiro atoms. The molecule has 4 aromatic rings. The predicted molar refractivity (Wildman–Crippen MR) is 136 cm³/mol. The number of nitrogens with zero attached hydrogens (tertiary/aromatic N) is 4. The summed E-state index contributed by atoms with van der Waals surface area (Å²) in [5, 5.41) is 13.3. The number of aromatic nitrogens is 3. The maximum absolute atomic E-state index is 13.4. The van der Waals surface area contributed by atoms with Crippen LogP contribution in [-0.2, 0) is 20.1 Å². The SMILES string of the molecule is Cc1cc([C@@H](C)Nc2ccc(N)nc2C(=O)O)c2nc(N3Cc4ccccc4C3)n(C)c(=O)c2c1. The smallest absolute Gasteiger partial charge is 0.356 e. The van der Waals surface area contributed by atoms with E-state index < -0.39 is 5.97 Å². The van der Waals surface area contributed by atoms with Crippen LogP contribution in [0, 0.1) is 6.92 Å². The highest BCUT2D eigenvalue weighted by Crippen LogP contribution is 2.31. The minimum Gasteiger partial charge on any atom is -0.476 e. The molecule has 0 radical (unpaired) electrons. The van der Waals surface area contributed by atoms with Crippen molar-refractivity contribution in [2.45, 2.75) is 33.0 Å². The van der Waals surface area contributed by atoms with Gasteiger partial charge < -0.3 is 21.1 Å². The number of benzene rings is 2. The van der Waals surface area contributed by atoms with Gasteiger partial charge in [-0.25, -0.2) is 14.8 Å². The summed E-state index contributed by atoms with van der Waals surface area (Å²) in [4.78, 5) is 36.1. The molecule has 0 unspecified atom stereocenters. The highest BCUT2D eigenvalue weighted by atomic mass is 16.4.